The smallest absolute Gasteiger partial charge is 0.180 e. The maximum absolute atomic E-state index is 5.79. The molecule has 3 nitrogen and oxygen atoms in total. The number of nitrogens with zero attached hydrogens (tertiary/aromatic N) is 1. The van der Waals surface area contributed by atoms with Crippen molar-refractivity contribution in [1.82, 2.24) is 4.98 Å². The van der Waals surface area contributed by atoms with Gasteiger partial charge in [0.1, 0.15) is 5.75 Å². The number of anilines is 1. The molecule has 0 radical (unpaired) electrons. The molecule has 2 N–H and O–H groups in total. The van der Waals surface area contributed by atoms with Crippen molar-refractivity contribution < 1.29 is 4.74 Å². The van der Waals surface area contributed by atoms with Crippen molar-refractivity contribution in [3.63, 3.8) is 0 Å². The van der Waals surface area contributed by atoms with Gasteiger partial charge in [-0.05, 0) is 23.0 Å². The van der Waals surface area contributed by atoms with Crippen LogP contribution in [0, 0.1) is 5.41 Å². The molecule has 2 aliphatic rings. The Morgan fingerprint density at radius 1 is 1.35 bits per heavy atom. The van der Waals surface area contributed by atoms with E-state index in [2.05, 4.69) is 42.4 Å². The minimum absolute atomic E-state index is 0.248. The topological polar surface area (TPSA) is 48.1 Å². The lowest BCUT2D eigenvalue weighted by Gasteiger charge is -2.08. The molecule has 20 heavy (non-hydrogen) atoms. The van der Waals surface area contributed by atoms with E-state index in [1.54, 1.807) is 0 Å². The van der Waals surface area contributed by atoms with Crippen molar-refractivity contribution in [2.45, 2.75) is 32.1 Å². The number of hydrogen-bond acceptors (Lipinski definition) is 4. The van der Waals surface area contributed by atoms with Crippen molar-refractivity contribution in [3.8, 4) is 5.75 Å². The molecule has 1 aliphatic carbocycles. The van der Waals surface area contributed by atoms with Crippen LogP contribution in [0.5, 0.6) is 5.75 Å². The van der Waals surface area contributed by atoms with Crippen LogP contribution in [-0.2, 0) is 6.42 Å². The standard InChI is InChI=1S/C16H18N2OS/c1-16(2)13(14(16)11-8-20-15(17)18-11)10-4-3-5-12-9(10)6-7-19-12/h3-5,8,13-14H,6-7H2,1-2H3,(H2,17,18). The van der Waals surface area contributed by atoms with E-state index in [1.165, 1.54) is 22.5 Å². The van der Waals surface area contributed by atoms with E-state index < -0.39 is 0 Å². The number of aromatic nitrogens is 1. The number of fused-ring (bicyclic) bond motifs is 1. The third-order valence-corrected chi connectivity index (χ3v) is 5.49. The molecule has 1 aliphatic heterocycles. The third kappa shape index (κ3) is 1.61. The quantitative estimate of drug-likeness (QED) is 0.918. The first kappa shape index (κ1) is 12.2. The van der Waals surface area contributed by atoms with Gasteiger partial charge in [0.15, 0.2) is 5.13 Å². The summed E-state index contributed by atoms with van der Waals surface area (Å²) in [5, 5.41) is 2.78. The SMILES string of the molecule is CC1(C)C(c2csc(N)n2)C1c1cccc2c1CCO2. The summed E-state index contributed by atoms with van der Waals surface area (Å²) in [6.45, 7) is 5.47. The lowest BCUT2D eigenvalue weighted by Crippen LogP contribution is -1.94. The van der Waals surface area contributed by atoms with E-state index in [9.17, 15) is 0 Å². The van der Waals surface area contributed by atoms with Crippen molar-refractivity contribution in [1.29, 1.82) is 0 Å². The first-order valence-corrected chi connectivity index (χ1v) is 7.92. The fraction of sp³-hybridized carbons (Fsp3) is 0.438. The van der Waals surface area contributed by atoms with Crippen LogP contribution in [-0.4, -0.2) is 11.6 Å². The highest BCUT2D eigenvalue weighted by Crippen LogP contribution is 2.70. The Morgan fingerprint density at radius 2 is 2.20 bits per heavy atom. The normalized spacial score (nSPS) is 26.1. The van der Waals surface area contributed by atoms with E-state index in [0.29, 0.717) is 17.0 Å². The van der Waals surface area contributed by atoms with Crippen molar-refractivity contribution >= 4 is 16.5 Å². The number of thiazole rings is 1. The van der Waals surface area contributed by atoms with Gasteiger partial charge in [0.05, 0.1) is 12.3 Å². The maximum Gasteiger partial charge on any atom is 0.180 e. The lowest BCUT2D eigenvalue weighted by molar-refractivity contribution is 0.357. The van der Waals surface area contributed by atoms with Gasteiger partial charge in [-0.1, -0.05) is 26.0 Å². The molecule has 104 valence electrons. The Balaban J connectivity index is 1.75. The number of hydrogen-bond donors (Lipinski definition) is 1. The molecule has 1 aromatic heterocycles. The second-order valence-electron chi connectivity index (χ2n) is 6.31. The molecule has 2 aromatic rings. The molecule has 1 fully saturated rings. The first-order chi connectivity index (χ1) is 9.59. The summed E-state index contributed by atoms with van der Waals surface area (Å²) in [7, 11) is 0. The summed E-state index contributed by atoms with van der Waals surface area (Å²) in [6, 6.07) is 6.45. The largest absolute Gasteiger partial charge is 0.493 e. The summed E-state index contributed by atoms with van der Waals surface area (Å²) in [6.07, 6.45) is 1.03. The molecule has 2 heterocycles. The zero-order chi connectivity index (χ0) is 13.9. The molecule has 2 atom stereocenters. The molecular weight excluding hydrogens is 268 g/mol. The number of nitrogen functional groups attached to an aromatic ring is 1. The summed E-state index contributed by atoms with van der Waals surface area (Å²) >= 11 is 1.54. The Hall–Kier alpha value is -1.55. The Kier molecular flexibility index (Phi) is 2.43. The molecular formula is C16H18N2OS. The molecule has 1 aromatic carbocycles. The van der Waals surface area contributed by atoms with Crippen molar-refractivity contribution in [2.75, 3.05) is 12.3 Å². The molecule has 0 bridgehead atoms. The van der Waals surface area contributed by atoms with Crippen LogP contribution >= 0.6 is 11.3 Å². The van der Waals surface area contributed by atoms with Crippen LogP contribution in [0.15, 0.2) is 23.6 Å². The Labute approximate surface area is 122 Å². The van der Waals surface area contributed by atoms with Gasteiger partial charge < -0.3 is 10.5 Å². The van der Waals surface area contributed by atoms with E-state index >= 15 is 0 Å². The number of nitrogens with two attached hydrogens (primary N) is 1. The van der Waals surface area contributed by atoms with E-state index in [-0.39, 0.29) is 5.41 Å². The van der Waals surface area contributed by atoms with E-state index in [0.717, 1.165) is 24.5 Å². The highest BCUT2D eigenvalue weighted by molar-refractivity contribution is 7.13. The zero-order valence-electron chi connectivity index (χ0n) is 11.7. The van der Waals surface area contributed by atoms with Crippen LogP contribution in [0.3, 0.4) is 0 Å². The second-order valence-corrected chi connectivity index (χ2v) is 7.20. The highest BCUT2D eigenvalue weighted by Gasteiger charge is 2.60. The van der Waals surface area contributed by atoms with Gasteiger partial charge >= 0.3 is 0 Å². The summed E-state index contributed by atoms with van der Waals surface area (Å²) in [4.78, 5) is 4.50. The van der Waals surface area contributed by atoms with E-state index in [1.807, 2.05) is 0 Å². The van der Waals surface area contributed by atoms with Crippen LogP contribution in [0.1, 0.15) is 42.5 Å². The van der Waals surface area contributed by atoms with Crippen LogP contribution in [0.4, 0.5) is 5.13 Å². The third-order valence-electron chi connectivity index (χ3n) is 4.80. The number of ether oxygens (including phenoxy) is 1. The molecule has 0 amide bonds. The van der Waals surface area contributed by atoms with Gasteiger partial charge in [-0.3, -0.25) is 0 Å². The van der Waals surface area contributed by atoms with Gasteiger partial charge in [-0.15, -0.1) is 11.3 Å². The summed E-state index contributed by atoms with van der Waals surface area (Å²) < 4.78 is 5.70. The van der Waals surface area contributed by atoms with Crippen LogP contribution < -0.4 is 10.5 Å². The van der Waals surface area contributed by atoms with Crippen molar-refractivity contribution in [2.24, 2.45) is 5.41 Å². The first-order valence-electron chi connectivity index (χ1n) is 7.04. The molecule has 4 rings (SSSR count). The Bertz CT molecular complexity index is 677. The molecule has 1 saturated carbocycles. The lowest BCUT2D eigenvalue weighted by atomic mass is 9.96. The molecule has 0 spiro atoms. The minimum Gasteiger partial charge on any atom is -0.493 e. The highest BCUT2D eigenvalue weighted by atomic mass is 32.1. The van der Waals surface area contributed by atoms with Gasteiger partial charge in [-0.25, -0.2) is 4.98 Å². The van der Waals surface area contributed by atoms with E-state index in [4.69, 9.17) is 10.5 Å². The van der Waals surface area contributed by atoms with Gasteiger partial charge in [-0.2, -0.15) is 0 Å². The molecule has 4 heteroatoms. The molecule has 2 unspecified atom stereocenters. The Morgan fingerprint density at radius 3 is 2.95 bits per heavy atom. The average Bonchev–Trinajstić information content (AvgIpc) is 2.83. The predicted molar refractivity (Wildman–Crippen MR) is 81.4 cm³/mol. The van der Waals surface area contributed by atoms with Gasteiger partial charge in [0.25, 0.3) is 0 Å². The van der Waals surface area contributed by atoms with Crippen molar-refractivity contribution in [3.05, 3.63) is 40.4 Å². The van der Waals surface area contributed by atoms with Crippen LogP contribution in [0.2, 0.25) is 0 Å². The fourth-order valence-electron chi connectivity index (χ4n) is 3.75. The number of benzene rings is 1. The monoisotopic (exact) mass is 286 g/mol. The van der Waals surface area contributed by atoms with Crippen LogP contribution in [0.25, 0.3) is 0 Å². The van der Waals surface area contributed by atoms with Gasteiger partial charge in [0, 0.05) is 23.3 Å². The molecule has 0 saturated heterocycles. The summed E-state index contributed by atoms with van der Waals surface area (Å²) in [5.74, 6) is 2.07. The maximum atomic E-state index is 5.79. The minimum atomic E-state index is 0.248. The predicted octanol–water partition coefficient (Wildman–Crippen LogP) is 3.57. The second kappa shape index (κ2) is 3.98. The average molecular weight is 286 g/mol. The fourth-order valence-corrected chi connectivity index (χ4v) is 4.35. The summed E-state index contributed by atoms with van der Waals surface area (Å²) in [5.41, 5.74) is 10.0. The zero-order valence-corrected chi connectivity index (χ0v) is 12.5. The number of rotatable bonds is 2. The van der Waals surface area contributed by atoms with Gasteiger partial charge in [0.2, 0.25) is 0 Å².